The summed E-state index contributed by atoms with van der Waals surface area (Å²) in [6.07, 6.45) is -6.00. The Bertz CT molecular complexity index is 926. The van der Waals surface area contributed by atoms with Crippen LogP contribution in [-0.4, -0.2) is 55.0 Å². The molecule has 2 N–H and O–H groups in total. The van der Waals surface area contributed by atoms with Crippen molar-refractivity contribution in [2.45, 2.75) is 75.9 Å². The van der Waals surface area contributed by atoms with Gasteiger partial charge in [-0.2, -0.15) is 26.3 Å². The summed E-state index contributed by atoms with van der Waals surface area (Å²) in [6.45, 7) is 2.69. The molecule has 3 rings (SSSR count). The minimum Gasteiger partial charge on any atom is -0.496 e. The summed E-state index contributed by atoms with van der Waals surface area (Å²) in [5.74, 6) is -1.92. The van der Waals surface area contributed by atoms with E-state index in [1.807, 2.05) is 0 Å². The number of benzene rings is 1. The van der Waals surface area contributed by atoms with Crippen molar-refractivity contribution in [1.82, 2.24) is 15.5 Å². The van der Waals surface area contributed by atoms with Crippen LogP contribution in [-0.2, 0) is 17.1 Å². The van der Waals surface area contributed by atoms with Gasteiger partial charge in [-0.3, -0.25) is 9.59 Å². The highest BCUT2D eigenvalue weighted by molar-refractivity contribution is 5.99. The van der Waals surface area contributed by atoms with E-state index in [0.29, 0.717) is 44.8 Å². The second-order valence-electron chi connectivity index (χ2n) is 9.01. The average Bonchev–Trinajstić information content (AvgIpc) is 2.78. The summed E-state index contributed by atoms with van der Waals surface area (Å²) < 4.78 is 85.4. The van der Waals surface area contributed by atoms with Crippen LogP contribution >= 0.6 is 0 Å². The quantitative estimate of drug-likeness (QED) is 0.579. The highest BCUT2D eigenvalue weighted by atomic mass is 19.4. The van der Waals surface area contributed by atoms with E-state index in [4.69, 9.17) is 4.74 Å². The molecule has 12 heteroatoms. The van der Waals surface area contributed by atoms with Gasteiger partial charge >= 0.3 is 12.4 Å². The van der Waals surface area contributed by atoms with Crippen molar-refractivity contribution in [2.75, 3.05) is 20.2 Å². The molecule has 2 fully saturated rings. The van der Waals surface area contributed by atoms with Crippen LogP contribution in [0.4, 0.5) is 26.3 Å². The number of nitrogens with one attached hydrogen (secondary N) is 2. The van der Waals surface area contributed by atoms with Crippen LogP contribution in [0.2, 0.25) is 0 Å². The third-order valence-corrected chi connectivity index (χ3v) is 6.65. The predicted molar refractivity (Wildman–Crippen MR) is 115 cm³/mol. The zero-order valence-corrected chi connectivity index (χ0v) is 19.5. The van der Waals surface area contributed by atoms with E-state index in [0.717, 1.165) is 20.0 Å². The lowest BCUT2D eigenvalue weighted by Gasteiger charge is -2.39. The molecule has 1 aromatic rings. The SMILES string of the molecule is COc1cc(C(F)(F)F)cc(C(F)(F)F)c1C(=O)NC1CCCCC1NC1CCN(C(C)=O)CC1. The molecule has 35 heavy (non-hydrogen) atoms. The van der Waals surface area contributed by atoms with Crippen LogP contribution < -0.4 is 15.4 Å². The summed E-state index contributed by atoms with van der Waals surface area (Å²) in [6, 6.07) is -0.286. The summed E-state index contributed by atoms with van der Waals surface area (Å²) in [7, 11) is 0.921. The molecule has 1 heterocycles. The van der Waals surface area contributed by atoms with Gasteiger partial charge in [0.1, 0.15) is 5.75 Å². The number of hydrogen-bond acceptors (Lipinski definition) is 4. The number of methoxy groups -OCH3 is 1. The van der Waals surface area contributed by atoms with Crippen molar-refractivity contribution in [3.8, 4) is 5.75 Å². The number of hydrogen-bond donors (Lipinski definition) is 2. The maximum absolute atomic E-state index is 13.7. The van der Waals surface area contributed by atoms with Crippen LogP contribution in [0.25, 0.3) is 0 Å². The first-order valence-corrected chi connectivity index (χ1v) is 11.5. The fourth-order valence-electron chi connectivity index (χ4n) is 4.81. The number of halogens is 6. The molecule has 0 spiro atoms. The Balaban J connectivity index is 1.81. The molecule has 1 aliphatic carbocycles. The third-order valence-electron chi connectivity index (χ3n) is 6.65. The van der Waals surface area contributed by atoms with Crippen molar-refractivity contribution in [2.24, 2.45) is 0 Å². The average molecular weight is 509 g/mol. The summed E-state index contributed by atoms with van der Waals surface area (Å²) in [4.78, 5) is 26.3. The number of likely N-dealkylation sites (tertiary alicyclic amines) is 1. The van der Waals surface area contributed by atoms with E-state index in [2.05, 4.69) is 10.6 Å². The van der Waals surface area contributed by atoms with Crippen molar-refractivity contribution in [3.63, 3.8) is 0 Å². The Kier molecular flexibility index (Phi) is 8.23. The van der Waals surface area contributed by atoms with E-state index in [9.17, 15) is 35.9 Å². The molecule has 1 saturated heterocycles. The molecule has 2 unspecified atom stereocenters. The molecule has 1 aliphatic heterocycles. The molecule has 6 nitrogen and oxygen atoms in total. The predicted octanol–water partition coefficient (Wildman–Crippen LogP) is 4.37. The van der Waals surface area contributed by atoms with Gasteiger partial charge in [0.2, 0.25) is 5.91 Å². The highest BCUT2D eigenvalue weighted by Crippen LogP contribution is 2.41. The Morgan fingerprint density at radius 1 is 0.943 bits per heavy atom. The topological polar surface area (TPSA) is 70.7 Å². The summed E-state index contributed by atoms with van der Waals surface area (Å²) in [5, 5.41) is 6.09. The number of piperidine rings is 1. The molecular formula is C23H29F6N3O3. The number of nitrogens with zero attached hydrogens (tertiary/aromatic N) is 1. The molecule has 2 aliphatic rings. The minimum atomic E-state index is -5.20. The standard InChI is InChI=1S/C23H29F6N3O3/c1-13(33)32-9-7-15(8-10-32)30-17-5-3-4-6-18(17)31-21(34)20-16(23(27,28)29)11-14(22(24,25)26)12-19(20)35-2/h11-12,15,17-18,30H,3-10H2,1-2H3,(H,31,34). The second kappa shape index (κ2) is 10.6. The molecule has 196 valence electrons. The number of amides is 2. The van der Waals surface area contributed by atoms with Gasteiger partial charge in [0.15, 0.2) is 0 Å². The lowest BCUT2D eigenvalue weighted by Crippen LogP contribution is -2.56. The zero-order valence-electron chi connectivity index (χ0n) is 19.5. The first kappa shape index (κ1) is 27.1. The van der Waals surface area contributed by atoms with Crippen LogP contribution in [0.1, 0.15) is 66.9 Å². The number of ether oxygens (including phenoxy) is 1. The van der Waals surface area contributed by atoms with Gasteiger partial charge in [0, 0.05) is 38.1 Å². The van der Waals surface area contributed by atoms with Crippen LogP contribution in [0, 0.1) is 0 Å². The Labute approximate surface area is 199 Å². The largest absolute Gasteiger partial charge is 0.496 e. The maximum Gasteiger partial charge on any atom is 0.417 e. The molecule has 2 amide bonds. The van der Waals surface area contributed by atoms with Gasteiger partial charge in [0.05, 0.1) is 23.8 Å². The molecular weight excluding hydrogens is 480 g/mol. The fraction of sp³-hybridized carbons (Fsp3) is 0.652. The van der Waals surface area contributed by atoms with Gasteiger partial charge in [0.25, 0.3) is 5.91 Å². The van der Waals surface area contributed by atoms with Gasteiger partial charge in [-0.1, -0.05) is 12.8 Å². The monoisotopic (exact) mass is 509 g/mol. The van der Waals surface area contributed by atoms with E-state index in [1.165, 1.54) is 6.92 Å². The zero-order chi connectivity index (χ0) is 26.0. The van der Waals surface area contributed by atoms with E-state index in [-0.39, 0.29) is 24.1 Å². The molecule has 0 bridgehead atoms. The first-order chi connectivity index (χ1) is 16.3. The fourth-order valence-corrected chi connectivity index (χ4v) is 4.81. The molecule has 2 atom stereocenters. The first-order valence-electron chi connectivity index (χ1n) is 11.5. The maximum atomic E-state index is 13.7. The number of carbonyl (C=O) groups excluding carboxylic acids is 2. The van der Waals surface area contributed by atoms with Crippen molar-refractivity contribution < 1.29 is 40.7 Å². The lowest BCUT2D eigenvalue weighted by molar-refractivity contribution is -0.143. The van der Waals surface area contributed by atoms with Gasteiger partial charge in [-0.05, 0) is 37.8 Å². The van der Waals surface area contributed by atoms with E-state index in [1.54, 1.807) is 4.90 Å². The van der Waals surface area contributed by atoms with Gasteiger partial charge in [-0.25, -0.2) is 0 Å². The number of alkyl halides is 6. The number of carbonyl (C=O) groups is 2. The highest BCUT2D eigenvalue weighted by Gasteiger charge is 2.42. The van der Waals surface area contributed by atoms with Crippen molar-refractivity contribution in [3.05, 3.63) is 28.8 Å². The molecule has 1 aromatic carbocycles. The van der Waals surface area contributed by atoms with Crippen molar-refractivity contribution in [1.29, 1.82) is 0 Å². The number of rotatable bonds is 5. The van der Waals surface area contributed by atoms with Crippen LogP contribution in [0.5, 0.6) is 5.75 Å². The second-order valence-corrected chi connectivity index (χ2v) is 9.01. The lowest BCUT2D eigenvalue weighted by atomic mass is 9.88. The van der Waals surface area contributed by atoms with Gasteiger partial charge in [-0.15, -0.1) is 0 Å². The Hall–Kier alpha value is -2.50. The molecule has 0 radical (unpaired) electrons. The third kappa shape index (κ3) is 6.59. The summed E-state index contributed by atoms with van der Waals surface area (Å²) in [5.41, 5.74) is -4.21. The Morgan fingerprint density at radius 3 is 2.06 bits per heavy atom. The normalized spacial score (nSPS) is 22.1. The van der Waals surface area contributed by atoms with E-state index >= 15 is 0 Å². The minimum absolute atomic E-state index is 0.00258. The Morgan fingerprint density at radius 2 is 1.54 bits per heavy atom. The molecule has 1 saturated carbocycles. The van der Waals surface area contributed by atoms with Crippen molar-refractivity contribution >= 4 is 11.8 Å². The van der Waals surface area contributed by atoms with Crippen LogP contribution in [0.15, 0.2) is 12.1 Å². The van der Waals surface area contributed by atoms with Gasteiger partial charge < -0.3 is 20.3 Å². The van der Waals surface area contributed by atoms with E-state index < -0.39 is 46.7 Å². The molecule has 0 aromatic heterocycles. The smallest absolute Gasteiger partial charge is 0.417 e. The summed E-state index contributed by atoms with van der Waals surface area (Å²) >= 11 is 0. The van der Waals surface area contributed by atoms with Crippen LogP contribution in [0.3, 0.4) is 0 Å².